The molecule has 3 heterocycles. The van der Waals surface area contributed by atoms with Gasteiger partial charge in [0.2, 0.25) is 0 Å². The molecule has 2 aliphatic rings. The lowest BCUT2D eigenvalue weighted by atomic mass is 9.99. The Kier molecular flexibility index (Phi) is 7.90. The Morgan fingerprint density at radius 3 is 2.50 bits per heavy atom. The van der Waals surface area contributed by atoms with Gasteiger partial charge in [-0.3, -0.25) is 9.78 Å². The molecule has 0 saturated carbocycles. The first-order valence-corrected chi connectivity index (χ1v) is 11.1. The number of rotatable bonds is 6. The Labute approximate surface area is 179 Å². The summed E-state index contributed by atoms with van der Waals surface area (Å²) in [6.45, 7) is 10.4. The average Bonchev–Trinajstić information content (AvgIpc) is 2.74. The third kappa shape index (κ3) is 6.32. The monoisotopic (exact) mass is 417 g/mol. The first kappa shape index (κ1) is 22.3. The SMILES string of the molecule is CC(C)CC(C)C(=O)ON1CCCC(NC(=O)N2CCN(c3ccncc3)CC2)C1. The van der Waals surface area contributed by atoms with Crippen LogP contribution in [0.3, 0.4) is 0 Å². The smallest absolute Gasteiger partial charge is 0.327 e. The van der Waals surface area contributed by atoms with Gasteiger partial charge in [0.1, 0.15) is 0 Å². The van der Waals surface area contributed by atoms with Gasteiger partial charge in [0.05, 0.1) is 12.5 Å². The molecule has 2 fully saturated rings. The molecule has 2 saturated heterocycles. The van der Waals surface area contributed by atoms with Crippen LogP contribution >= 0.6 is 0 Å². The Balaban J connectivity index is 1.42. The van der Waals surface area contributed by atoms with Crippen molar-refractivity contribution >= 4 is 17.7 Å². The van der Waals surface area contributed by atoms with Crippen molar-refractivity contribution in [1.29, 1.82) is 0 Å². The van der Waals surface area contributed by atoms with E-state index >= 15 is 0 Å². The Bertz CT molecular complexity index is 691. The minimum atomic E-state index is -0.178. The van der Waals surface area contributed by atoms with Crippen molar-refractivity contribution < 1.29 is 14.4 Å². The summed E-state index contributed by atoms with van der Waals surface area (Å²) in [5.41, 5.74) is 1.14. The van der Waals surface area contributed by atoms with Crippen molar-refractivity contribution in [3.05, 3.63) is 24.5 Å². The topological polar surface area (TPSA) is 78.0 Å². The number of carbonyl (C=O) groups is 2. The van der Waals surface area contributed by atoms with Crippen molar-refractivity contribution in [2.24, 2.45) is 11.8 Å². The number of hydroxylamine groups is 2. The van der Waals surface area contributed by atoms with Crippen LogP contribution in [0.25, 0.3) is 0 Å². The van der Waals surface area contributed by atoms with Crippen LogP contribution in [0.15, 0.2) is 24.5 Å². The van der Waals surface area contributed by atoms with E-state index in [9.17, 15) is 9.59 Å². The van der Waals surface area contributed by atoms with Crippen LogP contribution in [0.1, 0.15) is 40.0 Å². The molecule has 166 valence electrons. The van der Waals surface area contributed by atoms with Crippen molar-refractivity contribution in [3.8, 4) is 0 Å². The third-order valence-corrected chi connectivity index (χ3v) is 5.75. The molecular formula is C22H35N5O3. The van der Waals surface area contributed by atoms with Crippen molar-refractivity contribution in [2.75, 3.05) is 44.2 Å². The number of piperidine rings is 1. The Hall–Kier alpha value is -2.35. The molecule has 1 aromatic heterocycles. The fourth-order valence-electron chi connectivity index (χ4n) is 4.15. The molecular weight excluding hydrogens is 382 g/mol. The molecule has 0 aliphatic carbocycles. The number of urea groups is 1. The zero-order valence-electron chi connectivity index (χ0n) is 18.4. The molecule has 0 radical (unpaired) electrons. The molecule has 1 aromatic rings. The lowest BCUT2D eigenvalue weighted by Crippen LogP contribution is -2.56. The van der Waals surface area contributed by atoms with Crippen LogP contribution in [0.5, 0.6) is 0 Å². The second-order valence-corrected chi connectivity index (χ2v) is 8.80. The summed E-state index contributed by atoms with van der Waals surface area (Å²) < 4.78 is 0. The van der Waals surface area contributed by atoms with Crippen LogP contribution in [0.4, 0.5) is 10.5 Å². The molecule has 1 N–H and O–H groups in total. The van der Waals surface area contributed by atoms with Gasteiger partial charge in [-0.25, -0.2) is 4.79 Å². The molecule has 0 spiro atoms. The molecule has 0 bridgehead atoms. The van der Waals surface area contributed by atoms with E-state index in [1.54, 1.807) is 17.5 Å². The van der Waals surface area contributed by atoms with Gasteiger partial charge in [0, 0.05) is 56.8 Å². The third-order valence-electron chi connectivity index (χ3n) is 5.75. The average molecular weight is 418 g/mol. The number of amides is 2. The number of anilines is 1. The number of aromatic nitrogens is 1. The van der Waals surface area contributed by atoms with Gasteiger partial charge in [0.15, 0.2) is 0 Å². The van der Waals surface area contributed by atoms with Crippen LogP contribution in [0, 0.1) is 11.8 Å². The van der Waals surface area contributed by atoms with E-state index in [-0.39, 0.29) is 24.0 Å². The van der Waals surface area contributed by atoms with Gasteiger partial charge >= 0.3 is 12.0 Å². The van der Waals surface area contributed by atoms with Gasteiger partial charge in [-0.1, -0.05) is 20.8 Å². The summed E-state index contributed by atoms with van der Waals surface area (Å²) in [7, 11) is 0. The first-order valence-electron chi connectivity index (χ1n) is 11.1. The molecule has 3 rings (SSSR count). The van der Waals surface area contributed by atoms with Gasteiger partial charge in [-0.05, 0) is 37.3 Å². The number of hydrogen-bond acceptors (Lipinski definition) is 6. The highest BCUT2D eigenvalue weighted by molar-refractivity contribution is 5.75. The van der Waals surface area contributed by atoms with Gasteiger partial charge in [-0.15, -0.1) is 5.06 Å². The van der Waals surface area contributed by atoms with Crippen LogP contribution in [-0.4, -0.2) is 72.3 Å². The van der Waals surface area contributed by atoms with E-state index in [1.807, 2.05) is 24.0 Å². The van der Waals surface area contributed by atoms with E-state index in [0.717, 1.165) is 44.6 Å². The fourth-order valence-corrected chi connectivity index (χ4v) is 4.15. The summed E-state index contributed by atoms with van der Waals surface area (Å²) >= 11 is 0. The second-order valence-electron chi connectivity index (χ2n) is 8.80. The standard InChI is InChI=1S/C22H35N5O3/c1-17(2)15-18(3)21(28)30-27-10-4-5-19(16-27)24-22(29)26-13-11-25(12-14-26)20-6-8-23-9-7-20/h6-9,17-19H,4-5,10-16H2,1-3H3,(H,24,29). The van der Waals surface area contributed by atoms with Crippen LogP contribution in [0.2, 0.25) is 0 Å². The molecule has 2 aliphatic heterocycles. The normalized spacial score (nSPS) is 21.4. The predicted octanol–water partition coefficient (Wildman–Crippen LogP) is 2.52. The minimum absolute atomic E-state index is 0.00215. The van der Waals surface area contributed by atoms with Gasteiger partial charge < -0.3 is 20.0 Å². The highest BCUT2D eigenvalue weighted by Gasteiger charge is 2.28. The lowest BCUT2D eigenvalue weighted by Gasteiger charge is -2.38. The second kappa shape index (κ2) is 10.6. The number of nitrogens with one attached hydrogen (secondary N) is 1. The molecule has 8 nitrogen and oxygen atoms in total. The summed E-state index contributed by atoms with van der Waals surface area (Å²) in [4.78, 5) is 38.8. The number of piperazine rings is 1. The largest absolute Gasteiger partial charge is 0.368 e. The Morgan fingerprint density at radius 1 is 1.13 bits per heavy atom. The van der Waals surface area contributed by atoms with Crippen LogP contribution in [-0.2, 0) is 9.63 Å². The van der Waals surface area contributed by atoms with Gasteiger partial charge in [0.25, 0.3) is 0 Å². The molecule has 2 amide bonds. The first-order chi connectivity index (χ1) is 14.4. The molecule has 8 heteroatoms. The lowest BCUT2D eigenvalue weighted by molar-refractivity contribution is -0.201. The summed E-state index contributed by atoms with van der Waals surface area (Å²) in [6.07, 6.45) is 6.20. The van der Waals surface area contributed by atoms with E-state index in [2.05, 4.69) is 29.0 Å². The molecule has 30 heavy (non-hydrogen) atoms. The van der Waals surface area contributed by atoms with E-state index < -0.39 is 0 Å². The van der Waals surface area contributed by atoms with E-state index in [0.29, 0.717) is 25.6 Å². The highest BCUT2D eigenvalue weighted by atomic mass is 16.7. The van der Waals surface area contributed by atoms with Crippen LogP contribution < -0.4 is 10.2 Å². The number of pyridine rings is 1. The predicted molar refractivity (Wildman–Crippen MR) is 116 cm³/mol. The summed E-state index contributed by atoms with van der Waals surface area (Å²) in [5, 5.41) is 4.85. The number of hydrogen-bond donors (Lipinski definition) is 1. The fraction of sp³-hybridized carbons (Fsp3) is 0.682. The molecule has 2 unspecified atom stereocenters. The zero-order valence-corrected chi connectivity index (χ0v) is 18.4. The van der Waals surface area contributed by atoms with E-state index in [4.69, 9.17) is 4.84 Å². The van der Waals surface area contributed by atoms with Crippen molar-refractivity contribution in [2.45, 2.75) is 46.1 Å². The van der Waals surface area contributed by atoms with Gasteiger partial charge in [-0.2, -0.15) is 0 Å². The minimum Gasteiger partial charge on any atom is -0.368 e. The number of nitrogens with zero attached hydrogens (tertiary/aromatic N) is 4. The maximum atomic E-state index is 12.7. The Morgan fingerprint density at radius 2 is 1.83 bits per heavy atom. The zero-order chi connectivity index (χ0) is 21.5. The molecule has 2 atom stereocenters. The maximum Gasteiger partial charge on any atom is 0.327 e. The summed E-state index contributed by atoms with van der Waals surface area (Å²) in [5.74, 6) is 0.166. The quantitative estimate of drug-likeness (QED) is 0.766. The maximum absolute atomic E-state index is 12.7. The summed E-state index contributed by atoms with van der Waals surface area (Å²) in [6, 6.07) is 3.96. The van der Waals surface area contributed by atoms with E-state index in [1.165, 1.54) is 0 Å². The van der Waals surface area contributed by atoms with Crippen molar-refractivity contribution in [3.63, 3.8) is 0 Å². The molecule has 0 aromatic carbocycles. The highest BCUT2D eigenvalue weighted by Crippen LogP contribution is 2.17. The number of carbonyl (C=O) groups excluding carboxylic acids is 2. The van der Waals surface area contributed by atoms with Crippen molar-refractivity contribution in [1.82, 2.24) is 20.3 Å².